The van der Waals surface area contributed by atoms with Crippen LogP contribution in [0.25, 0.3) is 128 Å². The summed E-state index contributed by atoms with van der Waals surface area (Å²) in [7, 11) is 1.64. The molecule has 15 heterocycles. The molecule has 9 aromatic heterocycles. The molecule has 44 heteroatoms. The molecule has 6 aliphatic heterocycles. The van der Waals surface area contributed by atoms with Crippen molar-refractivity contribution in [3.63, 3.8) is 0 Å². The summed E-state index contributed by atoms with van der Waals surface area (Å²) in [4.78, 5) is 51.2. The number of H-pyrrole nitrogens is 4. The van der Waals surface area contributed by atoms with Crippen LogP contribution in [0.2, 0.25) is 35.2 Å². The summed E-state index contributed by atoms with van der Waals surface area (Å²) < 4.78 is 71.8. The lowest BCUT2D eigenvalue weighted by Crippen LogP contribution is -2.43. The molecular weight excluding hydrogens is 1980 g/mol. The van der Waals surface area contributed by atoms with Gasteiger partial charge in [0.2, 0.25) is 28.4 Å². The first-order valence-electron chi connectivity index (χ1n) is 41.4. The topological polar surface area (TPSA) is 279 Å². The van der Waals surface area contributed by atoms with Gasteiger partial charge in [0.05, 0.1) is 168 Å². The number of anilines is 5. The molecule has 20 rings (SSSR count). The molecule has 0 radical (unpaired) electrons. The van der Waals surface area contributed by atoms with Crippen LogP contribution in [-0.4, -0.2) is 212 Å². The summed E-state index contributed by atoms with van der Waals surface area (Å²) in [5.41, 5.74) is 11.1. The minimum Gasteiger partial charge on any atom is -0.497 e. The lowest BCUT2D eigenvalue weighted by molar-refractivity contribution is -0.137. The van der Waals surface area contributed by atoms with Gasteiger partial charge in [0.1, 0.15) is 24.7 Å². The number of morpholine rings is 5. The maximum atomic E-state index is 13.1. The van der Waals surface area contributed by atoms with Crippen molar-refractivity contribution in [1.29, 1.82) is 0 Å². The Hall–Kier alpha value is -11.5. The molecule has 135 heavy (non-hydrogen) atoms. The Kier molecular flexibility index (Phi) is 31.9. The third-order valence-electron chi connectivity index (χ3n) is 21.8. The van der Waals surface area contributed by atoms with E-state index in [2.05, 4.69) is 105 Å². The van der Waals surface area contributed by atoms with Crippen molar-refractivity contribution in [2.45, 2.75) is 18.7 Å². The third kappa shape index (κ3) is 21.5. The first-order valence-corrected chi connectivity index (χ1v) is 48.1. The lowest BCUT2D eigenvalue weighted by atomic mass is 10.0. The number of aliphatic hydroxyl groups is 1. The predicted octanol–water partition coefficient (Wildman–Crippen LogP) is 24.5. The second-order valence-electron chi connectivity index (χ2n) is 29.8. The maximum absolute atomic E-state index is 13.1. The number of hydrogen-bond donors (Lipinski definition) is 5. The molecule has 5 saturated heterocycles. The molecule has 1 atom stereocenters. The molecule has 5 aromatic carbocycles. The van der Waals surface area contributed by atoms with Crippen molar-refractivity contribution in [1.82, 2.24) is 55.7 Å². The number of alkyl halides is 3. The van der Waals surface area contributed by atoms with Crippen molar-refractivity contribution >= 4 is 203 Å². The van der Waals surface area contributed by atoms with E-state index in [1.54, 1.807) is 83.7 Å². The van der Waals surface area contributed by atoms with E-state index in [-0.39, 0.29) is 17.7 Å². The van der Waals surface area contributed by atoms with Crippen LogP contribution in [0.1, 0.15) is 16.9 Å². The first-order chi connectivity index (χ1) is 65.7. The largest absolute Gasteiger partial charge is 0.497 e. The van der Waals surface area contributed by atoms with E-state index in [1.165, 1.54) is 47.7 Å². The molecule has 0 saturated carbocycles. The minimum absolute atomic E-state index is 0.0694. The number of nitrogens with one attached hydrogen (secondary N) is 4. The molecule has 0 spiro atoms. The summed E-state index contributed by atoms with van der Waals surface area (Å²) >= 11 is 51.5. The summed E-state index contributed by atoms with van der Waals surface area (Å²) in [6.45, 7) is 51.6. The van der Waals surface area contributed by atoms with Crippen molar-refractivity contribution in [3.05, 3.63) is 237 Å². The van der Waals surface area contributed by atoms with Crippen molar-refractivity contribution in [3.8, 4) is 104 Å². The van der Waals surface area contributed by atoms with Gasteiger partial charge in [-0.3, -0.25) is 25.4 Å². The first kappa shape index (κ1) is 96.6. The lowest BCUT2D eigenvalue weighted by Gasteiger charge is -2.33. The zero-order valence-electron chi connectivity index (χ0n) is 71.0. The second kappa shape index (κ2) is 44.5. The average Bonchev–Trinajstić information content (AvgIpc) is 1.64. The zero-order chi connectivity index (χ0) is 94.4. The monoisotopic (exact) mass is 2050 g/mol. The normalized spacial score (nSPS) is 15.4. The highest BCUT2D eigenvalue weighted by Gasteiger charge is 2.37. The smallest absolute Gasteiger partial charge is 0.416 e. The van der Waals surface area contributed by atoms with Crippen LogP contribution in [0, 0.1) is 32.9 Å². The van der Waals surface area contributed by atoms with Crippen LogP contribution < -0.4 is 29.2 Å². The van der Waals surface area contributed by atoms with E-state index < -0.39 is 11.7 Å². The number of ether oxygens (including phenoxy) is 6. The van der Waals surface area contributed by atoms with E-state index in [4.69, 9.17) is 142 Å². The minimum atomic E-state index is -4.51. The maximum Gasteiger partial charge on any atom is 0.416 e. The number of aliphatic hydroxyl groups excluding tert-OH is 1. The summed E-state index contributed by atoms with van der Waals surface area (Å²) in [5.74, 6) is 2.40. The number of halogens is 10. The average molecular weight is 2050 g/mol. The Morgan fingerprint density at radius 2 is 0.822 bits per heavy atom. The number of hydrogen-bond acceptors (Lipinski definition) is 25. The van der Waals surface area contributed by atoms with Gasteiger partial charge in [-0.15, -0.1) is 56.7 Å². The Balaban J connectivity index is 0.000000123. The number of allylic oxidation sites excluding steroid dienone is 1. The van der Waals surface area contributed by atoms with Crippen LogP contribution in [0.4, 0.5) is 66.6 Å². The number of aromatic amines is 4. The molecule has 0 amide bonds. The van der Waals surface area contributed by atoms with E-state index >= 15 is 0 Å². The van der Waals surface area contributed by atoms with E-state index in [1.807, 2.05) is 65.8 Å². The number of aliphatic imine (C=N–C) groups is 1. The van der Waals surface area contributed by atoms with E-state index in [9.17, 15) is 18.3 Å². The van der Waals surface area contributed by atoms with Gasteiger partial charge in [-0.05, 0) is 100 Å². The quantitative estimate of drug-likeness (QED) is 0.0530. The predicted molar refractivity (Wildman–Crippen MR) is 533 cm³/mol. The van der Waals surface area contributed by atoms with E-state index in [0.717, 1.165) is 148 Å². The van der Waals surface area contributed by atoms with Gasteiger partial charge < -0.3 is 58.0 Å². The third-order valence-corrected chi connectivity index (χ3v) is 30.1. The summed E-state index contributed by atoms with van der Waals surface area (Å²) in [5, 5.41) is 44.4. The van der Waals surface area contributed by atoms with Crippen LogP contribution in [0.5, 0.6) is 5.75 Å². The summed E-state index contributed by atoms with van der Waals surface area (Å²) in [6, 6.07) is 28.8. The molecule has 0 bridgehead atoms. The fourth-order valence-electron chi connectivity index (χ4n) is 15.5. The van der Waals surface area contributed by atoms with Gasteiger partial charge in [0, 0.05) is 158 Å². The van der Waals surface area contributed by atoms with Gasteiger partial charge >= 0.3 is 6.18 Å². The zero-order valence-corrected chi connectivity index (χ0v) is 80.3. The fourth-order valence-corrected chi connectivity index (χ4v) is 23.6. The van der Waals surface area contributed by atoms with Gasteiger partial charge in [-0.1, -0.05) is 118 Å². The van der Waals surface area contributed by atoms with Gasteiger partial charge in [-0.25, -0.2) is 39.2 Å². The summed E-state index contributed by atoms with van der Waals surface area (Å²) in [6.07, 6.45) is 5.67. The van der Waals surface area contributed by atoms with Gasteiger partial charge in [0.15, 0.2) is 17.5 Å². The van der Waals surface area contributed by atoms with Gasteiger partial charge in [-0.2, -0.15) is 33.6 Å². The number of rotatable bonds is 17. The standard InChI is InChI=1S/C19H15Cl2N3OS.C18H15Cl2N5O2S.C18H14Cl2N4OS.C18H13ClF3N5OS.C18H17N5O2S/c1-22-17-16(14-3-2-13(20)10-15(14)21)18(12-4-5-23-11-12)26-19(17)24-6-8-25-9-7-24;1-21-15-14(12-3-2-10(19)6-13(12)20)16(17-22-9-23-24-17)28-18(15)25-4-5-27-11(7-25)8-26;1-21-16-15(12-3-2-11(19)10-13(12)20)17(14-4-5-22-23-14)26-18(16)24-6-8-25-9-7-24;1-23-14-13(11-3-2-10(8-12(11)19)18(20,21)22)15(16-24-9-25-26-16)29-17(14)27-4-6-28-7-5-27;1-19-15-14(12-4-3-5-13(10-12)24-2)16(17-20-11-21-22-17)26-18(15)23-6-8-25-9-7-23/h2-3,5,10-11H,4,6-9H2;2-3,6,9,11,26H,4-5,7-8H2,(H,22,23,24);2-5,10H,6-9H2,(H,22,23);2-3,8-9H,4-7H2,(H,24,25,26);3-5,10-11H,6-9H2,2H3,(H,20,21,22)/t;11-;;;/m.1.../s1. The SMILES string of the molecule is [C-]#[N+]c1c(N2CCOCC2)sc(-c2ccn[nH]2)c1-c1ccc(Cl)cc1Cl.[C-]#[N+]c1c(N2CCOCC2)sc(-c2ncn[nH]2)c1-c1ccc(C(F)(F)F)cc1Cl.[C-]#[N+]c1c(N2CCOCC2)sc(-c2ncn[nH]2)c1-c1cccc(OC)c1.[C-]#[N+]c1c(N2CCOCC2)sc(C2=CN=CC2)c1-c1ccc(Cl)cc1Cl.[C-]#[N+]c1c(N2CCO[C@@H](CO)C2)sc(-c2ncn[nH]2)c1-c1ccc(Cl)cc1Cl. The number of thiophene rings is 5. The molecule has 0 aliphatic carbocycles. The van der Waals surface area contributed by atoms with Crippen molar-refractivity contribution in [2.75, 3.05) is 163 Å². The highest BCUT2D eigenvalue weighted by atomic mass is 35.5. The molecule has 29 nitrogen and oxygen atoms in total. The molecule has 14 aromatic rings. The molecule has 690 valence electrons. The highest BCUT2D eigenvalue weighted by Crippen LogP contribution is 2.60. The Labute approximate surface area is 826 Å². The van der Waals surface area contributed by atoms with E-state index in [0.29, 0.717) is 194 Å². The van der Waals surface area contributed by atoms with Crippen molar-refractivity contribution in [2.24, 2.45) is 4.99 Å². The highest BCUT2D eigenvalue weighted by molar-refractivity contribution is 7.22. The molecule has 5 N–H and O–H groups in total. The molecule has 6 aliphatic rings. The Morgan fingerprint density at radius 1 is 0.444 bits per heavy atom. The molecule has 5 fully saturated rings. The number of benzene rings is 5. The van der Waals surface area contributed by atoms with Crippen molar-refractivity contribution < 1.29 is 46.7 Å². The molecule has 0 unspecified atom stereocenters. The second-order valence-corrected chi connectivity index (χ2v) is 37.8. The van der Waals surface area contributed by atoms with Gasteiger partial charge in [0.25, 0.3) is 0 Å². The van der Waals surface area contributed by atoms with Crippen LogP contribution >= 0.6 is 138 Å². The number of methoxy groups -OCH3 is 1. The Morgan fingerprint density at radius 3 is 1.19 bits per heavy atom. The van der Waals surface area contributed by atoms with Crippen LogP contribution in [0.3, 0.4) is 0 Å². The number of aromatic nitrogens is 11. The van der Waals surface area contributed by atoms with Crippen LogP contribution in [-0.2, 0) is 29.9 Å². The van der Waals surface area contributed by atoms with Crippen LogP contribution in [0.15, 0.2) is 139 Å². The molecular formula is C91H74Cl7F3N22O7S5. The Bertz CT molecular complexity index is 6850. The number of nitrogens with zero attached hydrogens (tertiary/aromatic N) is 18. The fraction of sp³-hybridized carbons (Fsp3) is 0.264.